The normalized spacial score (nSPS) is 18.3. The van der Waals surface area contributed by atoms with E-state index in [0.29, 0.717) is 9.23 Å². The van der Waals surface area contributed by atoms with Crippen molar-refractivity contribution in [1.29, 1.82) is 0 Å². The van der Waals surface area contributed by atoms with E-state index >= 15 is 0 Å². The molecule has 0 atom stereocenters. The first-order valence-corrected chi connectivity index (χ1v) is 6.94. The highest BCUT2D eigenvalue weighted by Crippen LogP contribution is 2.28. The number of thiocarbonyl (C=S) groups is 1. The van der Waals surface area contributed by atoms with Gasteiger partial charge in [0.2, 0.25) is 0 Å². The average Bonchev–Trinajstić information content (AvgIpc) is 2.56. The van der Waals surface area contributed by atoms with Crippen LogP contribution in [0.4, 0.5) is 0 Å². The molecule has 2 rings (SSSR count). The van der Waals surface area contributed by atoms with E-state index in [1.54, 1.807) is 0 Å². The van der Waals surface area contributed by atoms with Crippen LogP contribution in [0.5, 0.6) is 0 Å². The molecule has 1 fully saturated rings. The Kier molecular flexibility index (Phi) is 3.59. The zero-order valence-electron chi connectivity index (χ0n) is 10.6. The van der Waals surface area contributed by atoms with Gasteiger partial charge in [-0.2, -0.15) is 0 Å². The number of benzene rings is 1. The smallest absolute Gasteiger partial charge is 0.263 e. The van der Waals surface area contributed by atoms with Crippen molar-refractivity contribution in [2.75, 3.05) is 0 Å². The number of hydrogen-bond donors (Lipinski definition) is 1. The molecule has 0 aliphatic carbocycles. The molecule has 18 heavy (non-hydrogen) atoms. The Bertz CT molecular complexity index is 541. The summed E-state index contributed by atoms with van der Waals surface area (Å²) < 4.78 is 0.526. The van der Waals surface area contributed by atoms with Crippen LogP contribution in [0.15, 0.2) is 29.2 Å². The molecule has 1 aliphatic rings. The zero-order valence-corrected chi connectivity index (χ0v) is 12.2. The fourth-order valence-corrected chi connectivity index (χ4v) is 2.71. The van der Waals surface area contributed by atoms with Crippen molar-refractivity contribution < 1.29 is 4.79 Å². The third-order valence-corrected chi connectivity index (χ3v) is 3.86. The van der Waals surface area contributed by atoms with Gasteiger partial charge in [0, 0.05) is 0 Å². The Morgan fingerprint density at radius 1 is 1.33 bits per heavy atom. The number of nitrogens with one attached hydrogen (secondary N) is 1. The molecular formula is C14H15NOS2. The van der Waals surface area contributed by atoms with Crippen molar-refractivity contribution in [2.45, 2.75) is 26.2 Å². The Morgan fingerprint density at radius 3 is 2.61 bits per heavy atom. The molecule has 1 aliphatic heterocycles. The first kappa shape index (κ1) is 13.3. The highest BCUT2D eigenvalue weighted by Gasteiger charge is 2.22. The van der Waals surface area contributed by atoms with Gasteiger partial charge in [0.25, 0.3) is 5.91 Å². The summed E-state index contributed by atoms with van der Waals surface area (Å²) in [5.74, 6) is -0.105. The number of carbonyl (C=O) groups excluding carboxylic acids is 1. The summed E-state index contributed by atoms with van der Waals surface area (Å²) in [5.41, 5.74) is 2.39. The second-order valence-electron chi connectivity index (χ2n) is 5.23. The third-order valence-electron chi connectivity index (χ3n) is 2.69. The fourth-order valence-electron chi connectivity index (χ4n) is 1.67. The summed E-state index contributed by atoms with van der Waals surface area (Å²) in [6, 6.07) is 8.23. The summed E-state index contributed by atoms with van der Waals surface area (Å²) >= 11 is 6.28. The molecule has 0 spiro atoms. The van der Waals surface area contributed by atoms with Crippen LogP contribution >= 0.6 is 24.0 Å². The van der Waals surface area contributed by atoms with E-state index < -0.39 is 0 Å². The monoisotopic (exact) mass is 277 g/mol. The third kappa shape index (κ3) is 3.00. The van der Waals surface area contributed by atoms with Crippen LogP contribution in [0.1, 0.15) is 31.9 Å². The van der Waals surface area contributed by atoms with Gasteiger partial charge >= 0.3 is 0 Å². The molecule has 0 radical (unpaired) electrons. The van der Waals surface area contributed by atoms with Crippen molar-refractivity contribution in [2.24, 2.45) is 0 Å². The number of carbonyl (C=O) groups is 1. The lowest BCUT2D eigenvalue weighted by molar-refractivity contribution is -0.115. The molecule has 94 valence electrons. The second kappa shape index (κ2) is 4.86. The van der Waals surface area contributed by atoms with Crippen molar-refractivity contribution in [3.05, 3.63) is 40.3 Å². The largest absolute Gasteiger partial charge is 0.307 e. The van der Waals surface area contributed by atoms with E-state index in [-0.39, 0.29) is 11.3 Å². The molecule has 0 bridgehead atoms. The molecule has 1 saturated heterocycles. The first-order chi connectivity index (χ1) is 8.36. The van der Waals surface area contributed by atoms with Crippen LogP contribution in [-0.2, 0) is 10.2 Å². The van der Waals surface area contributed by atoms with E-state index in [1.165, 1.54) is 17.3 Å². The number of amides is 1. The maximum Gasteiger partial charge on any atom is 0.263 e. The van der Waals surface area contributed by atoms with Gasteiger partial charge in [-0.05, 0) is 22.6 Å². The van der Waals surface area contributed by atoms with Gasteiger partial charge in [0.15, 0.2) is 0 Å². The summed E-state index contributed by atoms with van der Waals surface area (Å²) in [7, 11) is 0. The van der Waals surface area contributed by atoms with Gasteiger partial charge in [0.05, 0.1) is 4.91 Å². The van der Waals surface area contributed by atoms with Gasteiger partial charge in [-0.15, -0.1) is 0 Å². The van der Waals surface area contributed by atoms with E-state index in [9.17, 15) is 4.79 Å². The van der Waals surface area contributed by atoms with Crippen LogP contribution in [0.2, 0.25) is 0 Å². The van der Waals surface area contributed by atoms with E-state index in [2.05, 4.69) is 38.2 Å². The van der Waals surface area contributed by atoms with Gasteiger partial charge in [-0.3, -0.25) is 4.79 Å². The predicted molar refractivity (Wildman–Crippen MR) is 81.5 cm³/mol. The lowest BCUT2D eigenvalue weighted by atomic mass is 9.86. The highest BCUT2D eigenvalue weighted by atomic mass is 32.2. The Morgan fingerprint density at radius 2 is 2.06 bits per heavy atom. The van der Waals surface area contributed by atoms with Crippen molar-refractivity contribution in [1.82, 2.24) is 5.32 Å². The summed E-state index contributed by atoms with van der Waals surface area (Å²) in [6.07, 6.45) is 1.88. The number of hydrogen-bond acceptors (Lipinski definition) is 3. The fraction of sp³-hybridized carbons (Fsp3) is 0.286. The molecule has 1 heterocycles. The van der Waals surface area contributed by atoms with Crippen LogP contribution in [-0.4, -0.2) is 10.2 Å². The molecule has 0 saturated carbocycles. The molecule has 1 amide bonds. The predicted octanol–water partition coefficient (Wildman–Crippen LogP) is 3.47. The van der Waals surface area contributed by atoms with Gasteiger partial charge in [-0.1, -0.05) is 69.0 Å². The van der Waals surface area contributed by atoms with Crippen LogP contribution in [0, 0.1) is 0 Å². The first-order valence-electron chi connectivity index (χ1n) is 5.72. The number of thioether (sulfide) groups is 1. The minimum atomic E-state index is -0.105. The molecule has 0 aromatic heterocycles. The zero-order chi connectivity index (χ0) is 13.3. The molecule has 0 unspecified atom stereocenters. The SMILES string of the molecule is CC(C)(C)c1cccc(C=C2SC(=S)NC2=O)c1. The number of rotatable bonds is 1. The quantitative estimate of drug-likeness (QED) is 0.629. The molecular weight excluding hydrogens is 262 g/mol. The highest BCUT2D eigenvalue weighted by molar-refractivity contribution is 8.26. The minimum Gasteiger partial charge on any atom is -0.307 e. The molecule has 1 aromatic carbocycles. The van der Waals surface area contributed by atoms with Gasteiger partial charge in [0.1, 0.15) is 4.32 Å². The van der Waals surface area contributed by atoms with Gasteiger partial charge in [-0.25, -0.2) is 0 Å². The molecule has 1 aromatic rings. The van der Waals surface area contributed by atoms with Crippen LogP contribution < -0.4 is 5.32 Å². The average molecular weight is 277 g/mol. The topological polar surface area (TPSA) is 29.1 Å². The van der Waals surface area contributed by atoms with Crippen molar-refractivity contribution >= 4 is 40.3 Å². The molecule has 1 N–H and O–H groups in total. The maximum atomic E-state index is 11.6. The van der Waals surface area contributed by atoms with E-state index in [1.807, 2.05) is 18.2 Å². The maximum absolute atomic E-state index is 11.6. The van der Waals surface area contributed by atoms with E-state index in [0.717, 1.165) is 5.56 Å². The van der Waals surface area contributed by atoms with Crippen LogP contribution in [0.3, 0.4) is 0 Å². The minimum absolute atomic E-state index is 0.105. The summed E-state index contributed by atoms with van der Waals surface area (Å²) in [4.78, 5) is 12.2. The Labute approximate surface area is 117 Å². The van der Waals surface area contributed by atoms with Crippen molar-refractivity contribution in [3.8, 4) is 0 Å². The van der Waals surface area contributed by atoms with Crippen molar-refractivity contribution in [3.63, 3.8) is 0 Å². The molecule has 2 nitrogen and oxygen atoms in total. The Hall–Kier alpha value is -1.13. The van der Waals surface area contributed by atoms with E-state index in [4.69, 9.17) is 12.2 Å². The summed E-state index contributed by atoms with van der Waals surface area (Å²) in [6.45, 7) is 6.52. The molecule has 4 heteroatoms. The Balaban J connectivity index is 2.33. The van der Waals surface area contributed by atoms with Crippen LogP contribution in [0.25, 0.3) is 6.08 Å². The summed E-state index contributed by atoms with van der Waals surface area (Å²) in [5, 5.41) is 2.62. The lowest BCUT2D eigenvalue weighted by Gasteiger charge is -2.19. The second-order valence-corrected chi connectivity index (χ2v) is 6.95. The van der Waals surface area contributed by atoms with Gasteiger partial charge < -0.3 is 5.32 Å². The lowest BCUT2D eigenvalue weighted by Crippen LogP contribution is -2.17. The standard InChI is InChI=1S/C14H15NOS2/c1-14(2,3)10-6-4-5-9(7-10)8-11-12(16)15-13(17)18-11/h4-8H,1-3H3,(H,15,16,17).